The molecule has 5 nitrogen and oxygen atoms in total. The van der Waals surface area contributed by atoms with Gasteiger partial charge in [-0.25, -0.2) is 14.4 Å². The van der Waals surface area contributed by atoms with E-state index in [0.29, 0.717) is 11.4 Å². The van der Waals surface area contributed by atoms with E-state index < -0.39 is 5.82 Å². The molecule has 1 fully saturated rings. The zero-order chi connectivity index (χ0) is 22.4. The number of pyridine rings is 1. The first kappa shape index (κ1) is 19.9. The molecule has 2 aliphatic rings. The molecule has 4 aromatic rings. The fourth-order valence-electron chi connectivity index (χ4n) is 5.23. The van der Waals surface area contributed by atoms with Crippen molar-refractivity contribution < 1.29 is 4.39 Å². The minimum absolute atomic E-state index is 0.0334. The van der Waals surface area contributed by atoms with Crippen molar-refractivity contribution in [3.63, 3.8) is 0 Å². The lowest BCUT2D eigenvalue weighted by atomic mass is 10.1. The number of aromatic nitrogens is 3. The maximum atomic E-state index is 14.6. The van der Waals surface area contributed by atoms with Crippen LogP contribution in [0.3, 0.4) is 0 Å². The number of nitrogens with zero attached hydrogens (tertiary/aromatic N) is 5. The van der Waals surface area contributed by atoms with Gasteiger partial charge in [-0.05, 0) is 86.1 Å². The van der Waals surface area contributed by atoms with E-state index >= 15 is 0 Å². The minimum Gasteiger partial charge on any atom is -0.370 e. The van der Waals surface area contributed by atoms with Gasteiger partial charge in [0.1, 0.15) is 23.2 Å². The highest BCUT2D eigenvalue weighted by molar-refractivity contribution is 5.90. The number of aryl methyl sites for hydroxylation is 2. The number of piperidine rings is 1. The van der Waals surface area contributed by atoms with Gasteiger partial charge in [0, 0.05) is 30.5 Å². The van der Waals surface area contributed by atoms with Crippen LogP contribution in [0, 0.1) is 17.1 Å². The van der Waals surface area contributed by atoms with Gasteiger partial charge in [0.05, 0.1) is 11.3 Å². The molecule has 0 spiro atoms. The average Bonchev–Trinajstić information content (AvgIpc) is 3.48. The van der Waals surface area contributed by atoms with E-state index in [9.17, 15) is 9.65 Å². The van der Waals surface area contributed by atoms with E-state index in [4.69, 9.17) is 9.97 Å². The van der Waals surface area contributed by atoms with E-state index in [2.05, 4.69) is 23.1 Å². The van der Waals surface area contributed by atoms with E-state index in [1.54, 1.807) is 6.07 Å². The van der Waals surface area contributed by atoms with Crippen LogP contribution >= 0.6 is 0 Å². The van der Waals surface area contributed by atoms with E-state index in [0.717, 1.165) is 48.5 Å². The number of benzene rings is 2. The molecule has 164 valence electrons. The number of fused-ring (bicyclic) bond motifs is 2. The summed E-state index contributed by atoms with van der Waals surface area (Å²) in [6, 6.07) is 15.2. The van der Waals surface area contributed by atoms with Crippen LogP contribution in [-0.2, 0) is 12.8 Å². The van der Waals surface area contributed by atoms with Gasteiger partial charge in [-0.2, -0.15) is 5.26 Å². The number of rotatable bonds is 3. The second-order valence-corrected chi connectivity index (χ2v) is 8.93. The predicted molar refractivity (Wildman–Crippen MR) is 127 cm³/mol. The highest BCUT2D eigenvalue weighted by Crippen LogP contribution is 2.35. The van der Waals surface area contributed by atoms with Crippen molar-refractivity contribution in [3.8, 4) is 23.1 Å². The van der Waals surface area contributed by atoms with Crippen molar-refractivity contribution in [2.75, 3.05) is 18.0 Å². The Bertz CT molecular complexity index is 1410. The SMILES string of the molecule is N#Cc1ccc(-c2nc3c(N4CCCCC4)ccnc3n2-c2ccc3c(c2)CCC3)cc1F. The molecule has 6 heteroatoms. The van der Waals surface area contributed by atoms with Gasteiger partial charge in [0.25, 0.3) is 0 Å². The Hall–Kier alpha value is -3.72. The van der Waals surface area contributed by atoms with Gasteiger partial charge in [-0.3, -0.25) is 4.57 Å². The second kappa shape index (κ2) is 8.00. The molecule has 6 rings (SSSR count). The van der Waals surface area contributed by atoms with Crippen molar-refractivity contribution >= 4 is 16.9 Å². The van der Waals surface area contributed by atoms with Crippen molar-refractivity contribution in [1.82, 2.24) is 14.5 Å². The van der Waals surface area contributed by atoms with Gasteiger partial charge in [0.2, 0.25) is 0 Å². The Morgan fingerprint density at radius 3 is 2.58 bits per heavy atom. The fourth-order valence-corrected chi connectivity index (χ4v) is 5.23. The summed E-state index contributed by atoms with van der Waals surface area (Å²) in [5.74, 6) is 0.107. The highest BCUT2D eigenvalue weighted by Gasteiger charge is 2.23. The molecule has 2 aromatic carbocycles. The number of anilines is 1. The van der Waals surface area contributed by atoms with Crippen LogP contribution in [0.5, 0.6) is 0 Å². The van der Waals surface area contributed by atoms with Crippen molar-refractivity contribution in [3.05, 3.63) is 71.2 Å². The smallest absolute Gasteiger partial charge is 0.167 e. The van der Waals surface area contributed by atoms with Gasteiger partial charge in [0.15, 0.2) is 5.65 Å². The zero-order valence-corrected chi connectivity index (χ0v) is 18.4. The van der Waals surface area contributed by atoms with Crippen molar-refractivity contribution in [2.24, 2.45) is 0 Å². The molecule has 3 heterocycles. The maximum absolute atomic E-state index is 14.6. The second-order valence-electron chi connectivity index (χ2n) is 8.93. The Morgan fingerprint density at radius 2 is 1.76 bits per heavy atom. The largest absolute Gasteiger partial charge is 0.370 e. The Morgan fingerprint density at radius 1 is 0.909 bits per heavy atom. The molecule has 0 amide bonds. The molecule has 0 atom stereocenters. The third-order valence-electron chi connectivity index (χ3n) is 6.91. The highest BCUT2D eigenvalue weighted by atomic mass is 19.1. The number of halogens is 1. The third-order valence-corrected chi connectivity index (χ3v) is 6.91. The number of imidazole rings is 1. The topological polar surface area (TPSA) is 57.7 Å². The zero-order valence-electron chi connectivity index (χ0n) is 18.4. The van der Waals surface area contributed by atoms with E-state index in [-0.39, 0.29) is 5.56 Å². The normalized spacial score (nSPS) is 15.6. The van der Waals surface area contributed by atoms with Crippen molar-refractivity contribution in [1.29, 1.82) is 5.26 Å². The van der Waals surface area contributed by atoms with Crippen LogP contribution < -0.4 is 4.90 Å². The van der Waals surface area contributed by atoms with Crippen LogP contribution in [0.4, 0.5) is 10.1 Å². The van der Waals surface area contributed by atoms with Gasteiger partial charge in [-0.1, -0.05) is 6.07 Å². The Labute approximate surface area is 192 Å². The molecular formula is C27H24FN5. The van der Waals surface area contributed by atoms with Gasteiger partial charge < -0.3 is 4.90 Å². The molecule has 0 bridgehead atoms. The predicted octanol–water partition coefficient (Wildman–Crippen LogP) is 5.58. The van der Waals surface area contributed by atoms with Crippen LogP contribution in [0.15, 0.2) is 48.7 Å². The molecule has 0 saturated carbocycles. The fraction of sp³-hybridized carbons (Fsp3) is 0.296. The van der Waals surface area contributed by atoms with Crippen LogP contribution in [0.2, 0.25) is 0 Å². The van der Waals surface area contributed by atoms with Crippen LogP contribution in [0.1, 0.15) is 42.4 Å². The summed E-state index contributed by atoms with van der Waals surface area (Å²) in [6.45, 7) is 2.01. The standard InChI is InChI=1S/C27H24FN5/c28-23-16-20(7-8-21(23)17-29)26-31-25-24(32-13-2-1-3-14-32)11-12-30-27(25)33(26)22-10-9-18-5-4-6-19(18)15-22/h7-12,15-16H,1-6,13-14H2. The summed E-state index contributed by atoms with van der Waals surface area (Å²) in [5, 5.41) is 9.17. The Kier molecular flexibility index (Phi) is 4.83. The molecule has 1 aliphatic carbocycles. The number of nitriles is 1. The van der Waals surface area contributed by atoms with Crippen LogP contribution in [0.25, 0.3) is 28.2 Å². The molecule has 0 N–H and O–H groups in total. The molecular weight excluding hydrogens is 413 g/mol. The van der Waals surface area contributed by atoms with Crippen molar-refractivity contribution in [2.45, 2.75) is 38.5 Å². The lowest BCUT2D eigenvalue weighted by molar-refractivity contribution is 0.578. The van der Waals surface area contributed by atoms with Crippen LogP contribution in [-0.4, -0.2) is 27.6 Å². The molecule has 0 unspecified atom stereocenters. The minimum atomic E-state index is -0.535. The van der Waals surface area contributed by atoms with E-state index in [1.165, 1.54) is 48.9 Å². The summed E-state index contributed by atoms with van der Waals surface area (Å²) in [7, 11) is 0. The monoisotopic (exact) mass is 437 g/mol. The molecule has 1 aliphatic heterocycles. The van der Waals surface area contributed by atoms with Gasteiger partial charge in [-0.15, -0.1) is 0 Å². The quantitative estimate of drug-likeness (QED) is 0.420. The average molecular weight is 438 g/mol. The molecule has 2 aromatic heterocycles. The van der Waals surface area contributed by atoms with E-state index in [1.807, 2.05) is 22.9 Å². The number of hydrogen-bond donors (Lipinski definition) is 0. The lowest BCUT2D eigenvalue weighted by Gasteiger charge is -2.28. The van der Waals surface area contributed by atoms with Gasteiger partial charge >= 0.3 is 0 Å². The summed E-state index contributed by atoms with van der Waals surface area (Å²) in [4.78, 5) is 12.2. The summed E-state index contributed by atoms with van der Waals surface area (Å²) >= 11 is 0. The Balaban J connectivity index is 1.60. The molecule has 1 saturated heterocycles. The molecule has 33 heavy (non-hydrogen) atoms. The number of hydrogen-bond acceptors (Lipinski definition) is 4. The summed E-state index contributed by atoms with van der Waals surface area (Å²) in [6.07, 6.45) is 8.81. The summed E-state index contributed by atoms with van der Waals surface area (Å²) in [5.41, 5.74) is 7.10. The first-order chi connectivity index (χ1) is 16.2. The first-order valence-electron chi connectivity index (χ1n) is 11.7. The lowest BCUT2D eigenvalue weighted by Crippen LogP contribution is -2.29. The third kappa shape index (κ3) is 3.36. The maximum Gasteiger partial charge on any atom is 0.167 e. The first-order valence-corrected chi connectivity index (χ1v) is 11.7. The molecule has 0 radical (unpaired) electrons. The summed E-state index contributed by atoms with van der Waals surface area (Å²) < 4.78 is 16.6.